The molecule has 3 heterocycles. The second kappa shape index (κ2) is 8.19. The lowest BCUT2D eigenvalue weighted by Crippen LogP contribution is -3.23. The van der Waals surface area contributed by atoms with Gasteiger partial charge in [0.25, 0.3) is 0 Å². The highest BCUT2D eigenvalue weighted by molar-refractivity contribution is 6.03. The van der Waals surface area contributed by atoms with Gasteiger partial charge in [-0.2, -0.15) is 0 Å². The number of ether oxygens (including phenoxy) is 2. The van der Waals surface area contributed by atoms with E-state index in [2.05, 4.69) is 22.1 Å². The molecule has 1 aliphatic rings. The van der Waals surface area contributed by atoms with E-state index in [4.69, 9.17) is 9.47 Å². The Morgan fingerprint density at radius 3 is 2.47 bits per heavy atom. The maximum absolute atomic E-state index is 12.5. The van der Waals surface area contributed by atoms with Gasteiger partial charge < -0.3 is 19.7 Å². The number of nitrogens with zero attached hydrogens (tertiary/aromatic N) is 2. The molecular weight excluding hydrogens is 378 g/mol. The minimum atomic E-state index is -0.333. The van der Waals surface area contributed by atoms with Crippen LogP contribution in [-0.2, 0) is 16.1 Å². The number of rotatable bonds is 6. The Hall–Kier alpha value is -2.12. The fourth-order valence-electron chi connectivity index (χ4n) is 4.82. The van der Waals surface area contributed by atoms with Crippen molar-refractivity contribution < 1.29 is 14.5 Å². The Bertz CT molecular complexity index is 1020. The van der Waals surface area contributed by atoms with E-state index in [0.29, 0.717) is 24.9 Å². The van der Waals surface area contributed by atoms with Crippen molar-refractivity contribution >= 4 is 21.8 Å². The number of fused-ring (bicyclic) bond motifs is 3. The molecule has 160 valence electrons. The third-order valence-corrected chi connectivity index (χ3v) is 6.12. The van der Waals surface area contributed by atoms with Crippen LogP contribution in [0.5, 0.6) is 0 Å². The van der Waals surface area contributed by atoms with E-state index in [1.165, 1.54) is 0 Å². The van der Waals surface area contributed by atoms with Crippen molar-refractivity contribution in [3.05, 3.63) is 53.5 Å². The zero-order chi connectivity index (χ0) is 21.4. The maximum Gasteiger partial charge on any atom is 0.0968 e. The lowest BCUT2D eigenvalue weighted by Gasteiger charge is -2.54. The first-order valence-electron chi connectivity index (χ1n) is 10.6. The standard InChI is InChI=1S/C24H31N3O3/c1-23(2)14-19(15-24(3,4)27(23)28)30-13-12-29-16-18-9-11-26-22-20(18)8-7-17-6-5-10-25-21(17)22/h5-11,19,27H,12-16H2,1-4H3. The van der Waals surface area contributed by atoms with Crippen LogP contribution in [0, 0.1) is 5.21 Å². The van der Waals surface area contributed by atoms with Crippen molar-refractivity contribution in [1.82, 2.24) is 9.97 Å². The number of piperidine rings is 1. The van der Waals surface area contributed by atoms with Gasteiger partial charge >= 0.3 is 0 Å². The number of nitrogens with one attached hydrogen (secondary N) is 1. The van der Waals surface area contributed by atoms with Crippen molar-refractivity contribution in [3.63, 3.8) is 0 Å². The first-order valence-corrected chi connectivity index (χ1v) is 10.6. The summed E-state index contributed by atoms with van der Waals surface area (Å²) in [6.45, 7) is 9.64. The van der Waals surface area contributed by atoms with Crippen molar-refractivity contribution in [2.24, 2.45) is 0 Å². The molecular formula is C24H31N3O3. The number of pyridine rings is 2. The average molecular weight is 410 g/mol. The van der Waals surface area contributed by atoms with Crippen molar-refractivity contribution in [3.8, 4) is 0 Å². The van der Waals surface area contributed by atoms with Gasteiger partial charge in [-0.25, -0.2) is 0 Å². The van der Waals surface area contributed by atoms with Gasteiger partial charge in [0.05, 0.1) is 48.0 Å². The van der Waals surface area contributed by atoms with Crippen LogP contribution in [0.4, 0.5) is 0 Å². The normalized spacial score (nSPS) is 23.1. The van der Waals surface area contributed by atoms with Crippen LogP contribution in [0.2, 0.25) is 0 Å². The molecule has 0 bridgehead atoms. The smallest absolute Gasteiger partial charge is 0.0968 e. The number of hydroxylamine groups is 2. The Morgan fingerprint density at radius 2 is 1.70 bits per heavy atom. The van der Waals surface area contributed by atoms with Gasteiger partial charge in [-0.3, -0.25) is 9.97 Å². The molecule has 1 aromatic carbocycles. The molecule has 0 saturated carbocycles. The summed E-state index contributed by atoms with van der Waals surface area (Å²) in [6.07, 6.45) is 5.24. The lowest BCUT2D eigenvalue weighted by molar-refractivity contribution is -0.956. The van der Waals surface area contributed by atoms with Gasteiger partial charge in [0.1, 0.15) is 0 Å². The minimum Gasteiger partial charge on any atom is -0.634 e. The zero-order valence-corrected chi connectivity index (χ0v) is 18.3. The Morgan fingerprint density at radius 1 is 0.967 bits per heavy atom. The summed E-state index contributed by atoms with van der Waals surface area (Å²) in [4.78, 5) is 9.03. The molecule has 0 amide bonds. The molecule has 0 unspecified atom stereocenters. The van der Waals surface area contributed by atoms with E-state index < -0.39 is 0 Å². The predicted molar refractivity (Wildman–Crippen MR) is 118 cm³/mol. The summed E-state index contributed by atoms with van der Waals surface area (Å²) in [6, 6.07) is 10.1. The topological polar surface area (TPSA) is 71.7 Å². The van der Waals surface area contributed by atoms with Gasteiger partial charge in [0.2, 0.25) is 0 Å². The van der Waals surface area contributed by atoms with Gasteiger partial charge in [-0.05, 0) is 45.4 Å². The van der Waals surface area contributed by atoms with Crippen LogP contribution in [0.25, 0.3) is 21.8 Å². The third kappa shape index (κ3) is 4.18. The van der Waals surface area contributed by atoms with E-state index in [-0.39, 0.29) is 17.2 Å². The third-order valence-electron chi connectivity index (χ3n) is 6.12. The molecule has 0 aliphatic carbocycles. The van der Waals surface area contributed by atoms with Crippen molar-refractivity contribution in [2.45, 2.75) is 64.3 Å². The molecule has 6 heteroatoms. The SMILES string of the molecule is CC1(C)CC(OCCOCc2ccnc3c2ccc2cccnc23)CC(C)(C)[NH+]1[O-]. The molecule has 3 aromatic rings. The van der Waals surface area contributed by atoms with Gasteiger partial charge in [0.15, 0.2) is 0 Å². The van der Waals surface area contributed by atoms with Crippen LogP contribution in [0.15, 0.2) is 42.7 Å². The molecule has 1 fully saturated rings. The Balaban J connectivity index is 1.34. The maximum atomic E-state index is 12.5. The molecule has 2 aromatic heterocycles. The van der Waals surface area contributed by atoms with E-state index in [1.807, 2.05) is 52.1 Å². The summed E-state index contributed by atoms with van der Waals surface area (Å²) in [5.74, 6) is 0. The second-order valence-electron chi connectivity index (χ2n) is 9.56. The molecule has 30 heavy (non-hydrogen) atoms. The average Bonchev–Trinajstić information content (AvgIpc) is 2.71. The number of quaternary nitrogens is 1. The minimum absolute atomic E-state index is 0.0931. The molecule has 0 radical (unpaired) electrons. The monoisotopic (exact) mass is 409 g/mol. The van der Waals surface area contributed by atoms with Gasteiger partial charge in [-0.1, -0.05) is 18.2 Å². The molecule has 1 N–H and O–H groups in total. The largest absolute Gasteiger partial charge is 0.634 e. The molecule has 1 aliphatic heterocycles. The van der Waals surface area contributed by atoms with Crippen molar-refractivity contribution in [2.75, 3.05) is 13.2 Å². The van der Waals surface area contributed by atoms with Crippen LogP contribution in [-0.4, -0.2) is 40.4 Å². The molecule has 0 atom stereocenters. The van der Waals surface area contributed by atoms with Crippen molar-refractivity contribution in [1.29, 1.82) is 0 Å². The molecule has 0 spiro atoms. The number of hydrogen-bond donors (Lipinski definition) is 1. The Labute approximate surface area is 177 Å². The van der Waals surface area contributed by atoms with Crippen LogP contribution < -0.4 is 5.06 Å². The van der Waals surface area contributed by atoms with E-state index in [1.54, 1.807) is 6.20 Å². The first-order chi connectivity index (χ1) is 14.3. The number of benzene rings is 1. The first kappa shape index (κ1) is 21.1. The van der Waals surface area contributed by atoms with Gasteiger partial charge in [-0.15, -0.1) is 0 Å². The summed E-state index contributed by atoms with van der Waals surface area (Å²) >= 11 is 0. The van der Waals surface area contributed by atoms with Crippen LogP contribution in [0.3, 0.4) is 0 Å². The van der Waals surface area contributed by atoms with E-state index in [9.17, 15) is 5.21 Å². The number of aromatic nitrogens is 2. The highest BCUT2D eigenvalue weighted by Gasteiger charge is 2.45. The molecule has 6 nitrogen and oxygen atoms in total. The highest BCUT2D eigenvalue weighted by atomic mass is 16.5. The second-order valence-corrected chi connectivity index (χ2v) is 9.56. The Kier molecular flexibility index (Phi) is 5.77. The lowest BCUT2D eigenvalue weighted by atomic mass is 9.80. The summed E-state index contributed by atoms with van der Waals surface area (Å²) in [7, 11) is 0. The summed E-state index contributed by atoms with van der Waals surface area (Å²) in [5, 5.41) is 15.0. The quantitative estimate of drug-likeness (QED) is 0.384. The van der Waals surface area contributed by atoms with Crippen LogP contribution >= 0.6 is 0 Å². The van der Waals surface area contributed by atoms with Crippen LogP contribution in [0.1, 0.15) is 46.1 Å². The van der Waals surface area contributed by atoms with E-state index >= 15 is 0 Å². The van der Waals surface area contributed by atoms with E-state index in [0.717, 1.165) is 40.2 Å². The summed E-state index contributed by atoms with van der Waals surface area (Å²) in [5.41, 5.74) is 2.25. The fourth-order valence-corrected chi connectivity index (χ4v) is 4.82. The highest BCUT2D eigenvalue weighted by Crippen LogP contribution is 2.26. The zero-order valence-electron chi connectivity index (χ0n) is 18.3. The molecule has 4 rings (SSSR count). The predicted octanol–water partition coefficient (Wildman–Crippen LogP) is 3.42. The summed E-state index contributed by atoms with van der Waals surface area (Å²) < 4.78 is 12.0. The fraction of sp³-hybridized carbons (Fsp3) is 0.500. The van der Waals surface area contributed by atoms with Gasteiger partial charge in [0, 0.05) is 36.0 Å². The molecule has 1 saturated heterocycles. The number of hydrogen-bond acceptors (Lipinski definition) is 5.